The van der Waals surface area contributed by atoms with Gasteiger partial charge in [-0.25, -0.2) is 0 Å². The lowest BCUT2D eigenvalue weighted by Gasteiger charge is -2.14. The molecule has 0 unspecified atom stereocenters. The maximum Gasteiger partial charge on any atom is 0.0388 e. The van der Waals surface area contributed by atoms with Gasteiger partial charge in [-0.1, -0.05) is 13.8 Å². The minimum Gasteiger partial charge on any atom is -0.309 e. The number of nitrogens with one attached hydrogen (secondary N) is 1. The number of aryl methyl sites for hydroxylation is 1. The molecule has 0 saturated carbocycles. The summed E-state index contributed by atoms with van der Waals surface area (Å²) < 4.78 is 0. The summed E-state index contributed by atoms with van der Waals surface area (Å²) in [6.45, 7) is 10.1. The Labute approximate surface area is 91.5 Å². The van der Waals surface area contributed by atoms with E-state index in [1.807, 2.05) is 11.3 Å². The van der Waals surface area contributed by atoms with Gasteiger partial charge in [0.25, 0.3) is 0 Å². The normalized spacial score (nSPS) is 13.5. The second-order valence-corrected chi connectivity index (χ2v) is 5.27. The fourth-order valence-electron chi connectivity index (χ4n) is 1.51. The quantitative estimate of drug-likeness (QED) is 0.782. The van der Waals surface area contributed by atoms with Gasteiger partial charge in [-0.15, -0.1) is 11.3 Å². The van der Waals surface area contributed by atoms with Crippen molar-refractivity contribution >= 4 is 11.3 Å². The van der Waals surface area contributed by atoms with Crippen molar-refractivity contribution in [3.8, 4) is 0 Å². The van der Waals surface area contributed by atoms with E-state index in [2.05, 4.69) is 44.5 Å². The van der Waals surface area contributed by atoms with E-state index in [-0.39, 0.29) is 0 Å². The summed E-state index contributed by atoms with van der Waals surface area (Å²) in [6.07, 6.45) is 1.26. The third kappa shape index (κ3) is 3.43. The Morgan fingerprint density at radius 2 is 2.07 bits per heavy atom. The molecule has 2 heteroatoms. The molecule has 0 spiro atoms. The fraction of sp³-hybridized carbons (Fsp3) is 0.667. The maximum atomic E-state index is 3.57. The third-order valence-electron chi connectivity index (χ3n) is 2.47. The van der Waals surface area contributed by atoms with Crippen LogP contribution >= 0.6 is 11.3 Å². The molecule has 0 aliphatic rings. The second-order valence-electron chi connectivity index (χ2n) is 4.33. The van der Waals surface area contributed by atoms with Crippen LogP contribution in [0.3, 0.4) is 0 Å². The first-order chi connectivity index (χ1) is 6.61. The van der Waals surface area contributed by atoms with Crippen molar-refractivity contribution < 1.29 is 0 Å². The molecule has 0 radical (unpaired) electrons. The molecule has 1 aromatic rings. The average Bonchev–Trinajstić information content (AvgIpc) is 2.50. The molecule has 1 rings (SSSR count). The van der Waals surface area contributed by atoms with Gasteiger partial charge < -0.3 is 5.32 Å². The van der Waals surface area contributed by atoms with Crippen molar-refractivity contribution in [3.63, 3.8) is 0 Å². The van der Waals surface area contributed by atoms with Crippen molar-refractivity contribution in [1.82, 2.24) is 5.32 Å². The van der Waals surface area contributed by atoms with Crippen LogP contribution in [0.25, 0.3) is 0 Å². The van der Waals surface area contributed by atoms with Gasteiger partial charge in [-0.2, -0.15) is 0 Å². The minimum atomic E-state index is 0.508. The zero-order chi connectivity index (χ0) is 10.6. The highest BCUT2D eigenvalue weighted by Gasteiger charge is 2.08. The van der Waals surface area contributed by atoms with Crippen molar-refractivity contribution in [1.29, 1.82) is 0 Å². The van der Waals surface area contributed by atoms with Crippen LogP contribution in [0.4, 0.5) is 0 Å². The molecule has 0 bridgehead atoms. The zero-order valence-electron chi connectivity index (χ0n) is 9.63. The van der Waals surface area contributed by atoms with E-state index in [9.17, 15) is 0 Å². The number of rotatable bonds is 5. The highest BCUT2D eigenvalue weighted by molar-refractivity contribution is 7.10. The van der Waals surface area contributed by atoms with Gasteiger partial charge in [0.2, 0.25) is 0 Å². The summed E-state index contributed by atoms with van der Waals surface area (Å²) >= 11 is 1.85. The molecule has 14 heavy (non-hydrogen) atoms. The molecule has 1 atom stereocenters. The first kappa shape index (κ1) is 11.7. The molecule has 1 aromatic heterocycles. The van der Waals surface area contributed by atoms with Crippen LogP contribution in [-0.2, 0) is 0 Å². The van der Waals surface area contributed by atoms with Gasteiger partial charge >= 0.3 is 0 Å². The molecule has 0 fully saturated rings. The molecule has 0 aliphatic carbocycles. The lowest BCUT2D eigenvalue weighted by atomic mass is 10.1. The highest BCUT2D eigenvalue weighted by atomic mass is 32.1. The molecule has 0 amide bonds. The van der Waals surface area contributed by atoms with E-state index in [1.54, 1.807) is 0 Å². The van der Waals surface area contributed by atoms with Crippen LogP contribution < -0.4 is 5.32 Å². The molecule has 0 aromatic carbocycles. The van der Waals surface area contributed by atoms with Gasteiger partial charge in [0.05, 0.1) is 0 Å². The summed E-state index contributed by atoms with van der Waals surface area (Å²) in [5.74, 6) is 0.791. The van der Waals surface area contributed by atoms with Gasteiger partial charge in [-0.05, 0) is 49.7 Å². The van der Waals surface area contributed by atoms with Crippen molar-refractivity contribution in [2.75, 3.05) is 6.54 Å². The first-order valence-corrected chi connectivity index (χ1v) is 6.26. The van der Waals surface area contributed by atoms with Gasteiger partial charge in [0, 0.05) is 10.9 Å². The SMILES string of the molecule is Cc1ccsc1[C@H](C)NCCC(C)C. The summed E-state index contributed by atoms with van der Waals surface area (Å²) in [5, 5.41) is 5.74. The highest BCUT2D eigenvalue weighted by Crippen LogP contribution is 2.23. The smallest absolute Gasteiger partial charge is 0.0388 e. The molecular formula is C12H21NS. The zero-order valence-corrected chi connectivity index (χ0v) is 10.4. The standard InChI is InChI=1S/C12H21NS/c1-9(2)5-7-13-11(4)12-10(3)6-8-14-12/h6,8-9,11,13H,5,7H2,1-4H3/t11-/m0/s1. The Balaban J connectivity index is 2.36. The molecule has 80 valence electrons. The van der Waals surface area contributed by atoms with Crippen LogP contribution in [0, 0.1) is 12.8 Å². The van der Waals surface area contributed by atoms with E-state index in [4.69, 9.17) is 0 Å². The predicted molar refractivity (Wildman–Crippen MR) is 64.9 cm³/mol. The summed E-state index contributed by atoms with van der Waals surface area (Å²) in [7, 11) is 0. The van der Waals surface area contributed by atoms with Crippen LogP contribution in [0.1, 0.15) is 43.7 Å². The topological polar surface area (TPSA) is 12.0 Å². The Kier molecular flexibility index (Phi) is 4.63. The Hall–Kier alpha value is -0.340. The van der Waals surface area contributed by atoms with Crippen LogP contribution in [0.5, 0.6) is 0 Å². The first-order valence-electron chi connectivity index (χ1n) is 5.38. The average molecular weight is 211 g/mol. The van der Waals surface area contributed by atoms with Crippen LogP contribution in [-0.4, -0.2) is 6.54 Å². The van der Waals surface area contributed by atoms with Gasteiger partial charge in [-0.3, -0.25) is 0 Å². The predicted octanol–water partition coefficient (Wildman–Crippen LogP) is 3.75. The van der Waals surface area contributed by atoms with Crippen molar-refractivity contribution in [2.24, 2.45) is 5.92 Å². The monoisotopic (exact) mass is 211 g/mol. The van der Waals surface area contributed by atoms with Crippen molar-refractivity contribution in [3.05, 3.63) is 21.9 Å². The Morgan fingerprint density at radius 3 is 2.57 bits per heavy atom. The Bertz CT molecular complexity index is 265. The van der Waals surface area contributed by atoms with E-state index < -0.39 is 0 Å². The third-order valence-corrected chi connectivity index (χ3v) is 3.67. The van der Waals surface area contributed by atoms with Crippen LogP contribution in [0.2, 0.25) is 0 Å². The molecular weight excluding hydrogens is 190 g/mol. The fourth-order valence-corrected chi connectivity index (χ4v) is 2.47. The molecule has 1 heterocycles. The number of hydrogen-bond acceptors (Lipinski definition) is 2. The summed E-state index contributed by atoms with van der Waals surface area (Å²) in [4.78, 5) is 1.48. The number of hydrogen-bond donors (Lipinski definition) is 1. The van der Waals surface area contributed by atoms with E-state index in [0.717, 1.165) is 12.5 Å². The van der Waals surface area contributed by atoms with E-state index in [1.165, 1.54) is 16.9 Å². The lowest BCUT2D eigenvalue weighted by Crippen LogP contribution is -2.20. The molecule has 1 N–H and O–H groups in total. The van der Waals surface area contributed by atoms with Gasteiger partial charge in [0.1, 0.15) is 0 Å². The van der Waals surface area contributed by atoms with Crippen molar-refractivity contribution in [2.45, 2.75) is 40.2 Å². The molecule has 0 aliphatic heterocycles. The molecule has 0 saturated heterocycles. The number of thiophene rings is 1. The van der Waals surface area contributed by atoms with E-state index >= 15 is 0 Å². The van der Waals surface area contributed by atoms with Crippen LogP contribution in [0.15, 0.2) is 11.4 Å². The largest absolute Gasteiger partial charge is 0.309 e. The summed E-state index contributed by atoms with van der Waals surface area (Å²) in [6, 6.07) is 2.70. The lowest BCUT2D eigenvalue weighted by molar-refractivity contribution is 0.500. The van der Waals surface area contributed by atoms with E-state index in [0.29, 0.717) is 6.04 Å². The second kappa shape index (κ2) is 5.52. The van der Waals surface area contributed by atoms with Gasteiger partial charge in [0.15, 0.2) is 0 Å². The minimum absolute atomic E-state index is 0.508. The Morgan fingerprint density at radius 1 is 1.36 bits per heavy atom. The molecule has 1 nitrogen and oxygen atoms in total. The maximum absolute atomic E-state index is 3.57. The summed E-state index contributed by atoms with van der Waals surface area (Å²) in [5.41, 5.74) is 1.42.